The normalized spacial score (nSPS) is 22.9. The highest BCUT2D eigenvalue weighted by Crippen LogP contribution is 2.26. The Kier molecular flexibility index (Phi) is 3.29. The molecule has 1 unspecified atom stereocenters. The minimum absolute atomic E-state index is 0.140. The maximum Gasteiger partial charge on any atom is 0.195 e. The van der Waals surface area contributed by atoms with Crippen molar-refractivity contribution in [2.24, 2.45) is 0 Å². The van der Waals surface area contributed by atoms with Gasteiger partial charge in [-0.15, -0.1) is 23.1 Å². The van der Waals surface area contributed by atoms with E-state index in [1.54, 1.807) is 17.3 Å². The molecule has 0 spiro atoms. The number of carbonyl (C=O) groups excluding carboxylic acids is 1. The predicted octanol–water partition coefficient (Wildman–Crippen LogP) is 2.17. The number of aromatic nitrogens is 1. The zero-order chi connectivity index (χ0) is 9.10. The second kappa shape index (κ2) is 4.48. The minimum Gasteiger partial charge on any atom is -0.291 e. The van der Waals surface area contributed by atoms with Gasteiger partial charge in [-0.3, -0.25) is 4.79 Å². The lowest BCUT2D eigenvalue weighted by Crippen LogP contribution is -2.24. The summed E-state index contributed by atoms with van der Waals surface area (Å²) >= 11 is 5.11. The van der Waals surface area contributed by atoms with Gasteiger partial charge in [0.25, 0.3) is 0 Å². The zero-order valence-electron chi connectivity index (χ0n) is 6.93. The van der Waals surface area contributed by atoms with E-state index in [0.29, 0.717) is 5.69 Å². The van der Waals surface area contributed by atoms with E-state index in [1.807, 2.05) is 17.1 Å². The first-order valence-corrected chi connectivity index (χ1v) is 7.14. The molecule has 13 heavy (non-hydrogen) atoms. The summed E-state index contributed by atoms with van der Waals surface area (Å²) in [6.07, 6.45) is 0. The van der Waals surface area contributed by atoms with Gasteiger partial charge in [0.05, 0.1) is 10.8 Å². The van der Waals surface area contributed by atoms with Crippen LogP contribution in [-0.2, 0) is 0 Å². The Morgan fingerprint density at radius 2 is 2.46 bits per heavy atom. The Labute approximate surface area is 89.5 Å². The number of ketones is 1. The molecule has 1 aliphatic heterocycles. The van der Waals surface area contributed by atoms with Crippen LogP contribution in [0.5, 0.6) is 0 Å². The predicted molar refractivity (Wildman–Crippen MR) is 60.0 cm³/mol. The monoisotopic (exact) mass is 231 g/mol. The molecule has 1 aromatic rings. The molecule has 0 bridgehead atoms. The Morgan fingerprint density at radius 1 is 1.54 bits per heavy atom. The van der Waals surface area contributed by atoms with E-state index >= 15 is 0 Å². The lowest BCUT2D eigenvalue weighted by Gasteiger charge is -2.18. The number of rotatable bonds is 2. The molecule has 2 nitrogen and oxygen atoms in total. The molecule has 1 atom stereocenters. The fourth-order valence-corrected chi connectivity index (χ4v) is 4.30. The summed E-state index contributed by atoms with van der Waals surface area (Å²) in [5, 5.41) is 1.98. The number of thioether (sulfide) groups is 2. The molecular weight excluding hydrogens is 222 g/mol. The summed E-state index contributed by atoms with van der Waals surface area (Å²) in [6, 6.07) is 0. The van der Waals surface area contributed by atoms with Gasteiger partial charge < -0.3 is 0 Å². The van der Waals surface area contributed by atoms with Crippen LogP contribution in [0.15, 0.2) is 10.9 Å². The van der Waals surface area contributed by atoms with Gasteiger partial charge in [0.1, 0.15) is 5.69 Å². The molecule has 1 aliphatic rings. The fraction of sp³-hybridized carbons (Fsp3) is 0.500. The molecule has 0 aliphatic carbocycles. The Hall–Kier alpha value is -0.000000000000000222. The van der Waals surface area contributed by atoms with E-state index < -0.39 is 0 Å². The summed E-state index contributed by atoms with van der Waals surface area (Å²) in [5.41, 5.74) is 2.36. The van der Waals surface area contributed by atoms with Gasteiger partial charge in [-0.25, -0.2) is 4.98 Å². The van der Waals surface area contributed by atoms with Crippen LogP contribution in [0.1, 0.15) is 10.5 Å². The highest BCUT2D eigenvalue weighted by Gasteiger charge is 2.24. The van der Waals surface area contributed by atoms with Crippen LogP contribution in [0.25, 0.3) is 0 Å². The number of Topliss-reactive ketones (excluding diaryl/α,β-unsaturated/α-hetero) is 1. The molecular formula is C8H9NOS3. The van der Waals surface area contributed by atoms with Crippen LogP contribution in [0, 0.1) is 0 Å². The van der Waals surface area contributed by atoms with Gasteiger partial charge in [0.15, 0.2) is 5.78 Å². The van der Waals surface area contributed by atoms with Crippen LogP contribution >= 0.6 is 34.9 Å². The second-order valence-corrected chi connectivity index (χ2v) is 5.85. The molecule has 0 aromatic carbocycles. The van der Waals surface area contributed by atoms with Crippen molar-refractivity contribution in [1.82, 2.24) is 4.98 Å². The van der Waals surface area contributed by atoms with Crippen molar-refractivity contribution in [1.29, 1.82) is 0 Å². The van der Waals surface area contributed by atoms with Crippen LogP contribution in [-0.4, -0.2) is 33.3 Å². The summed E-state index contributed by atoms with van der Waals surface area (Å²) in [4.78, 5) is 15.8. The molecule has 0 radical (unpaired) electrons. The Balaban J connectivity index is 2.04. The molecule has 70 valence electrons. The smallest absolute Gasteiger partial charge is 0.195 e. The average Bonchev–Trinajstić information content (AvgIpc) is 2.71. The molecule has 0 N–H and O–H groups in total. The van der Waals surface area contributed by atoms with E-state index in [0.717, 1.165) is 11.5 Å². The average molecular weight is 231 g/mol. The molecule has 1 aromatic heterocycles. The maximum atomic E-state index is 11.8. The van der Waals surface area contributed by atoms with Crippen molar-refractivity contribution in [3.63, 3.8) is 0 Å². The standard InChI is InChI=1S/C8H9NOS3/c10-8(6-3-12-5-9-6)7-4-11-1-2-13-7/h3,5,7H,1-2,4H2. The van der Waals surface area contributed by atoms with Crippen LogP contribution in [0.3, 0.4) is 0 Å². The van der Waals surface area contributed by atoms with E-state index in [-0.39, 0.29) is 11.0 Å². The molecule has 0 amide bonds. The Morgan fingerprint density at radius 3 is 3.08 bits per heavy atom. The number of nitrogens with zero attached hydrogens (tertiary/aromatic N) is 1. The van der Waals surface area contributed by atoms with Gasteiger partial charge in [-0.05, 0) is 0 Å². The van der Waals surface area contributed by atoms with Gasteiger partial charge in [0.2, 0.25) is 0 Å². The lowest BCUT2D eigenvalue weighted by atomic mass is 10.2. The molecule has 0 saturated carbocycles. The summed E-state index contributed by atoms with van der Waals surface area (Å²) < 4.78 is 0. The number of carbonyl (C=O) groups is 1. The van der Waals surface area contributed by atoms with E-state index in [9.17, 15) is 4.79 Å². The van der Waals surface area contributed by atoms with Gasteiger partial charge >= 0.3 is 0 Å². The quantitative estimate of drug-likeness (QED) is 0.730. The summed E-state index contributed by atoms with van der Waals surface area (Å²) in [6.45, 7) is 0. The largest absolute Gasteiger partial charge is 0.291 e. The zero-order valence-corrected chi connectivity index (χ0v) is 9.38. The van der Waals surface area contributed by atoms with Crippen molar-refractivity contribution in [2.45, 2.75) is 5.25 Å². The van der Waals surface area contributed by atoms with Crippen molar-refractivity contribution in [2.75, 3.05) is 17.3 Å². The number of hydrogen-bond acceptors (Lipinski definition) is 5. The first kappa shape index (κ1) is 9.55. The summed E-state index contributed by atoms with van der Waals surface area (Å²) in [5.74, 6) is 3.41. The van der Waals surface area contributed by atoms with E-state index in [2.05, 4.69) is 4.98 Å². The van der Waals surface area contributed by atoms with Crippen molar-refractivity contribution in [3.8, 4) is 0 Å². The third-order valence-corrected chi connectivity index (χ3v) is 5.13. The minimum atomic E-state index is 0.140. The topological polar surface area (TPSA) is 30.0 Å². The summed E-state index contributed by atoms with van der Waals surface area (Å²) in [7, 11) is 0. The van der Waals surface area contributed by atoms with E-state index in [1.165, 1.54) is 17.1 Å². The maximum absolute atomic E-state index is 11.8. The van der Waals surface area contributed by atoms with Crippen molar-refractivity contribution < 1.29 is 4.79 Å². The SMILES string of the molecule is O=C(c1cscn1)C1CSCCS1. The lowest BCUT2D eigenvalue weighted by molar-refractivity contribution is 0.0991. The first-order chi connectivity index (χ1) is 6.38. The number of thiazole rings is 1. The molecule has 1 fully saturated rings. The van der Waals surface area contributed by atoms with Crippen LogP contribution in [0.4, 0.5) is 0 Å². The van der Waals surface area contributed by atoms with E-state index in [4.69, 9.17) is 0 Å². The third-order valence-electron chi connectivity index (χ3n) is 1.79. The van der Waals surface area contributed by atoms with Gasteiger partial charge in [-0.2, -0.15) is 11.8 Å². The molecule has 1 saturated heterocycles. The molecule has 2 rings (SSSR count). The highest BCUT2D eigenvalue weighted by molar-refractivity contribution is 8.07. The second-order valence-electron chi connectivity index (χ2n) is 2.67. The highest BCUT2D eigenvalue weighted by atomic mass is 32.2. The number of hydrogen-bond donors (Lipinski definition) is 0. The van der Waals surface area contributed by atoms with Crippen molar-refractivity contribution >= 4 is 40.6 Å². The van der Waals surface area contributed by atoms with Gasteiger partial charge in [-0.1, -0.05) is 0 Å². The van der Waals surface area contributed by atoms with Gasteiger partial charge in [0, 0.05) is 22.6 Å². The van der Waals surface area contributed by atoms with Crippen molar-refractivity contribution in [3.05, 3.63) is 16.6 Å². The first-order valence-electron chi connectivity index (χ1n) is 3.99. The molecule has 5 heteroatoms. The Bertz CT molecular complexity index is 280. The fourth-order valence-electron chi connectivity index (χ4n) is 1.14. The van der Waals surface area contributed by atoms with Crippen LogP contribution < -0.4 is 0 Å². The molecule has 2 heterocycles. The van der Waals surface area contributed by atoms with Crippen LogP contribution in [0.2, 0.25) is 0 Å². The third kappa shape index (κ3) is 2.27.